The first-order valence-corrected chi connectivity index (χ1v) is 6.78. The van der Waals surface area contributed by atoms with E-state index >= 15 is 0 Å². The summed E-state index contributed by atoms with van der Waals surface area (Å²) in [6.07, 6.45) is 1.73. The summed E-state index contributed by atoms with van der Waals surface area (Å²) in [6, 6.07) is 3.86. The topological polar surface area (TPSA) is 25.8 Å². The highest BCUT2D eigenvalue weighted by molar-refractivity contribution is 7.25. The van der Waals surface area contributed by atoms with Crippen molar-refractivity contribution >= 4 is 44.5 Å². The number of fused-ring (bicyclic) bond motifs is 1. The summed E-state index contributed by atoms with van der Waals surface area (Å²) in [7, 11) is 0. The van der Waals surface area contributed by atoms with E-state index in [2.05, 4.69) is 15.3 Å². The van der Waals surface area contributed by atoms with Gasteiger partial charge >= 0.3 is 0 Å². The zero-order valence-corrected chi connectivity index (χ0v) is 10.8. The van der Waals surface area contributed by atoms with Gasteiger partial charge in [-0.3, -0.25) is 4.98 Å². The molecule has 0 saturated carbocycles. The number of aromatic nitrogens is 2. The van der Waals surface area contributed by atoms with E-state index in [1.165, 1.54) is 0 Å². The van der Waals surface area contributed by atoms with E-state index in [1.807, 2.05) is 19.1 Å². The molecule has 16 heavy (non-hydrogen) atoms. The van der Waals surface area contributed by atoms with E-state index in [0.717, 1.165) is 30.8 Å². The number of hydrogen-bond donors (Lipinski definition) is 0. The smallest absolute Gasteiger partial charge is 0.133 e. The Kier molecular flexibility index (Phi) is 2.42. The molecule has 3 heterocycles. The summed E-state index contributed by atoms with van der Waals surface area (Å²) < 4.78 is 1.03. The minimum absolute atomic E-state index is 0.759. The maximum Gasteiger partial charge on any atom is 0.133 e. The third kappa shape index (κ3) is 1.63. The van der Waals surface area contributed by atoms with E-state index in [4.69, 9.17) is 11.6 Å². The van der Waals surface area contributed by atoms with E-state index in [0.29, 0.717) is 0 Å². The van der Waals surface area contributed by atoms with Crippen LogP contribution in [-0.2, 0) is 0 Å². The Hall–Kier alpha value is -0.970. The molecular weight excluding hydrogens is 260 g/mol. The lowest BCUT2D eigenvalue weighted by Crippen LogP contribution is -1.71. The van der Waals surface area contributed by atoms with Crippen LogP contribution in [0.5, 0.6) is 0 Å². The first-order valence-electron chi connectivity index (χ1n) is 4.70. The lowest BCUT2D eigenvalue weighted by Gasteiger charge is -1.88. The summed E-state index contributed by atoms with van der Waals surface area (Å²) in [6.45, 7) is 2.00. The van der Waals surface area contributed by atoms with Gasteiger partial charge in [-0.15, -0.1) is 22.7 Å². The molecule has 3 aromatic rings. The number of pyridine rings is 1. The van der Waals surface area contributed by atoms with Crippen LogP contribution in [0.25, 0.3) is 20.1 Å². The number of hydrogen-bond acceptors (Lipinski definition) is 4. The Morgan fingerprint density at radius 3 is 2.94 bits per heavy atom. The predicted molar refractivity (Wildman–Crippen MR) is 70.5 cm³/mol. The molecule has 5 heteroatoms. The molecule has 0 fully saturated rings. The molecule has 3 aromatic heterocycles. The third-order valence-electron chi connectivity index (χ3n) is 2.19. The summed E-state index contributed by atoms with van der Waals surface area (Å²) in [4.78, 5) is 9.89. The van der Waals surface area contributed by atoms with Gasteiger partial charge < -0.3 is 0 Å². The molecule has 0 bridgehead atoms. The van der Waals surface area contributed by atoms with Gasteiger partial charge in [0.1, 0.15) is 5.01 Å². The van der Waals surface area contributed by atoms with Crippen LogP contribution in [-0.4, -0.2) is 9.97 Å². The first-order chi connectivity index (χ1) is 7.74. The molecule has 0 amide bonds. The summed E-state index contributed by atoms with van der Waals surface area (Å²) in [5.41, 5.74) is 2.00. The van der Waals surface area contributed by atoms with Gasteiger partial charge in [0.15, 0.2) is 0 Å². The summed E-state index contributed by atoms with van der Waals surface area (Å²) in [5, 5.41) is 3.85. The average molecular weight is 267 g/mol. The molecule has 0 aliphatic heterocycles. The molecule has 0 radical (unpaired) electrons. The maximum atomic E-state index is 6.12. The molecule has 2 nitrogen and oxygen atoms in total. The largest absolute Gasteiger partial charge is 0.255 e. The summed E-state index contributed by atoms with van der Waals surface area (Å²) >= 11 is 9.41. The lowest BCUT2D eigenvalue weighted by molar-refractivity contribution is 1.27. The van der Waals surface area contributed by atoms with Crippen molar-refractivity contribution in [3.05, 3.63) is 34.4 Å². The lowest BCUT2D eigenvalue weighted by atomic mass is 10.4. The Morgan fingerprint density at radius 1 is 1.38 bits per heavy atom. The molecule has 0 unspecified atom stereocenters. The van der Waals surface area contributed by atoms with Crippen LogP contribution in [0.15, 0.2) is 23.7 Å². The van der Waals surface area contributed by atoms with Crippen LogP contribution in [0.4, 0.5) is 0 Å². The molecule has 0 saturated heterocycles. The van der Waals surface area contributed by atoms with Gasteiger partial charge in [-0.05, 0) is 19.1 Å². The van der Waals surface area contributed by atoms with E-state index in [-0.39, 0.29) is 0 Å². The Morgan fingerprint density at radius 2 is 2.25 bits per heavy atom. The standard InChI is InChI=1S/C11H7ClN2S2/c1-6-5-15-11(14-6)9-4-8-10(16-9)7(12)2-3-13-8/h2-5H,1H3. The SMILES string of the molecule is Cc1csc(-c2cc3nccc(Cl)c3s2)n1. The van der Waals surface area contributed by atoms with Crippen molar-refractivity contribution in [1.82, 2.24) is 9.97 Å². The fourth-order valence-corrected chi connectivity index (χ4v) is 3.63. The van der Waals surface area contributed by atoms with Crippen LogP contribution in [0, 0.1) is 6.92 Å². The van der Waals surface area contributed by atoms with Crippen LogP contribution in [0.3, 0.4) is 0 Å². The van der Waals surface area contributed by atoms with Crippen LogP contribution >= 0.6 is 34.3 Å². The Labute approximate surface area is 106 Å². The van der Waals surface area contributed by atoms with Gasteiger partial charge in [0.2, 0.25) is 0 Å². The molecule has 3 rings (SSSR count). The Bertz CT molecular complexity index is 657. The molecule has 0 atom stereocenters. The molecule has 0 N–H and O–H groups in total. The van der Waals surface area contributed by atoms with Crippen LogP contribution in [0.2, 0.25) is 5.02 Å². The zero-order chi connectivity index (χ0) is 11.1. The average Bonchev–Trinajstić information content (AvgIpc) is 2.84. The minimum Gasteiger partial charge on any atom is -0.255 e. The van der Waals surface area contributed by atoms with E-state index in [9.17, 15) is 0 Å². The van der Waals surface area contributed by atoms with Crippen molar-refractivity contribution in [2.24, 2.45) is 0 Å². The highest BCUT2D eigenvalue weighted by atomic mass is 35.5. The van der Waals surface area contributed by atoms with Crippen molar-refractivity contribution < 1.29 is 0 Å². The third-order valence-corrected chi connectivity index (χ3v) is 4.91. The van der Waals surface area contributed by atoms with Gasteiger partial charge in [-0.2, -0.15) is 0 Å². The van der Waals surface area contributed by atoms with Crippen molar-refractivity contribution in [3.8, 4) is 9.88 Å². The maximum absolute atomic E-state index is 6.12. The summed E-state index contributed by atoms with van der Waals surface area (Å²) in [5.74, 6) is 0. The molecule has 0 aliphatic rings. The van der Waals surface area contributed by atoms with Gasteiger partial charge in [-0.1, -0.05) is 11.6 Å². The number of halogens is 1. The molecule has 0 spiro atoms. The second-order valence-electron chi connectivity index (χ2n) is 3.41. The highest BCUT2D eigenvalue weighted by Crippen LogP contribution is 2.37. The first kappa shape index (κ1) is 10.2. The fourth-order valence-electron chi connectivity index (χ4n) is 1.48. The number of aryl methyl sites for hydroxylation is 1. The quantitative estimate of drug-likeness (QED) is 0.653. The van der Waals surface area contributed by atoms with Gasteiger partial charge in [-0.25, -0.2) is 4.98 Å². The monoisotopic (exact) mass is 266 g/mol. The predicted octanol–water partition coefficient (Wildman–Crippen LogP) is 4.38. The van der Waals surface area contributed by atoms with Crippen molar-refractivity contribution in [1.29, 1.82) is 0 Å². The number of nitrogens with zero attached hydrogens (tertiary/aromatic N) is 2. The molecule has 0 aliphatic carbocycles. The zero-order valence-electron chi connectivity index (χ0n) is 8.40. The molecular formula is C11H7ClN2S2. The fraction of sp³-hybridized carbons (Fsp3) is 0.0909. The highest BCUT2D eigenvalue weighted by Gasteiger charge is 2.10. The van der Waals surface area contributed by atoms with Crippen molar-refractivity contribution in [3.63, 3.8) is 0 Å². The second kappa shape index (κ2) is 3.80. The van der Waals surface area contributed by atoms with Crippen molar-refractivity contribution in [2.45, 2.75) is 6.92 Å². The van der Waals surface area contributed by atoms with Crippen LogP contribution < -0.4 is 0 Å². The van der Waals surface area contributed by atoms with Gasteiger partial charge in [0.25, 0.3) is 0 Å². The molecule has 0 aromatic carbocycles. The van der Waals surface area contributed by atoms with Gasteiger partial charge in [0, 0.05) is 17.3 Å². The Balaban J connectivity index is 2.22. The van der Waals surface area contributed by atoms with Crippen molar-refractivity contribution in [2.75, 3.05) is 0 Å². The normalized spacial score (nSPS) is 11.1. The van der Waals surface area contributed by atoms with E-state index in [1.54, 1.807) is 28.9 Å². The number of rotatable bonds is 1. The van der Waals surface area contributed by atoms with Crippen LogP contribution in [0.1, 0.15) is 5.69 Å². The van der Waals surface area contributed by atoms with E-state index < -0.39 is 0 Å². The number of thiophene rings is 1. The molecule has 80 valence electrons. The second-order valence-corrected chi connectivity index (χ2v) is 5.73. The van der Waals surface area contributed by atoms with Gasteiger partial charge in [0.05, 0.1) is 20.1 Å². The number of thiazole rings is 1. The minimum atomic E-state index is 0.759.